The number of benzene rings is 2. The van der Waals surface area contributed by atoms with Crippen LogP contribution < -0.4 is 16.0 Å². The van der Waals surface area contributed by atoms with Gasteiger partial charge in [-0.05, 0) is 68.9 Å². The van der Waals surface area contributed by atoms with E-state index in [0.717, 1.165) is 61.4 Å². The molecule has 0 aliphatic carbocycles. The number of nitrogens with two attached hydrogens (primary N) is 1. The number of primary amides is 1. The number of carbonyl (C=O) groups is 2. The predicted molar refractivity (Wildman–Crippen MR) is 127 cm³/mol. The number of aromatic nitrogens is 1. The number of hydrogen-bond acceptors (Lipinski definition) is 5. The van der Waals surface area contributed by atoms with E-state index in [1.54, 1.807) is 23.5 Å². The standard InChI is InChI=1S/C24H28N4O2S/c25-24(30)17-12-13-20(28-14-6-1-7-15-28)19(16-17)26-22(29)10-4-5-11-23-27-18-8-2-3-9-21(18)31-23/h2-3,8-9,12-13,16H,1,4-7,10-11,14-15H2,(H2,25,30)(H,26,29). The quantitative estimate of drug-likeness (QED) is 0.499. The molecule has 0 radical (unpaired) electrons. The molecule has 2 heterocycles. The maximum Gasteiger partial charge on any atom is 0.248 e. The molecule has 3 N–H and O–H groups in total. The number of carbonyl (C=O) groups excluding carboxylic acids is 2. The molecule has 0 saturated carbocycles. The number of aryl methyl sites for hydroxylation is 1. The lowest BCUT2D eigenvalue weighted by Crippen LogP contribution is -2.30. The molecule has 4 rings (SSSR count). The number of rotatable bonds is 8. The normalized spacial score (nSPS) is 14.0. The lowest BCUT2D eigenvalue weighted by Gasteiger charge is -2.30. The van der Waals surface area contributed by atoms with Crippen LogP contribution in [0.3, 0.4) is 0 Å². The molecule has 6 nitrogen and oxygen atoms in total. The summed E-state index contributed by atoms with van der Waals surface area (Å²) in [7, 11) is 0. The minimum Gasteiger partial charge on any atom is -0.370 e. The average molecular weight is 437 g/mol. The first kappa shape index (κ1) is 21.3. The van der Waals surface area contributed by atoms with Gasteiger partial charge >= 0.3 is 0 Å². The Morgan fingerprint density at radius 2 is 1.87 bits per heavy atom. The van der Waals surface area contributed by atoms with Crippen LogP contribution in [0.2, 0.25) is 0 Å². The fourth-order valence-corrected chi connectivity index (χ4v) is 5.01. The van der Waals surface area contributed by atoms with Crippen molar-refractivity contribution in [3.8, 4) is 0 Å². The van der Waals surface area contributed by atoms with Crippen molar-refractivity contribution in [2.24, 2.45) is 5.73 Å². The molecular formula is C24H28N4O2S. The Kier molecular flexibility index (Phi) is 6.82. The second-order valence-electron chi connectivity index (χ2n) is 7.97. The van der Waals surface area contributed by atoms with Gasteiger partial charge in [-0.25, -0.2) is 4.98 Å². The Morgan fingerprint density at radius 1 is 1.06 bits per heavy atom. The maximum absolute atomic E-state index is 12.6. The lowest BCUT2D eigenvalue weighted by atomic mass is 10.1. The first-order chi connectivity index (χ1) is 15.1. The molecule has 1 aliphatic heterocycles. The number of fused-ring (bicyclic) bond motifs is 1. The van der Waals surface area contributed by atoms with Crippen molar-refractivity contribution >= 4 is 44.7 Å². The molecule has 7 heteroatoms. The summed E-state index contributed by atoms with van der Waals surface area (Å²) in [4.78, 5) is 31.2. The van der Waals surface area contributed by atoms with Gasteiger partial charge in [-0.3, -0.25) is 9.59 Å². The van der Waals surface area contributed by atoms with Crippen LogP contribution in [0.4, 0.5) is 11.4 Å². The van der Waals surface area contributed by atoms with Gasteiger partial charge in [0.2, 0.25) is 11.8 Å². The van der Waals surface area contributed by atoms with Crippen LogP contribution in [-0.4, -0.2) is 29.9 Å². The van der Waals surface area contributed by atoms with Crippen molar-refractivity contribution in [1.82, 2.24) is 4.98 Å². The number of hydrogen-bond donors (Lipinski definition) is 2. The molecular weight excluding hydrogens is 408 g/mol. The van der Waals surface area contributed by atoms with Crippen LogP contribution in [-0.2, 0) is 11.2 Å². The van der Waals surface area contributed by atoms with Gasteiger partial charge in [0.25, 0.3) is 0 Å². The highest BCUT2D eigenvalue weighted by atomic mass is 32.1. The molecule has 2 aromatic carbocycles. The Hall–Kier alpha value is -2.93. The van der Waals surface area contributed by atoms with Crippen LogP contribution in [0, 0.1) is 0 Å². The zero-order chi connectivity index (χ0) is 21.6. The van der Waals surface area contributed by atoms with Crippen molar-refractivity contribution in [2.75, 3.05) is 23.3 Å². The summed E-state index contributed by atoms with van der Waals surface area (Å²) in [5.74, 6) is -0.527. The van der Waals surface area contributed by atoms with Crippen LogP contribution in [0.25, 0.3) is 10.2 Å². The number of nitrogens with one attached hydrogen (secondary N) is 1. The van der Waals surface area contributed by atoms with E-state index in [4.69, 9.17) is 5.73 Å². The summed E-state index contributed by atoms with van der Waals surface area (Å²) in [6.07, 6.45) is 6.51. The zero-order valence-corrected chi connectivity index (χ0v) is 18.4. The third-order valence-corrected chi connectivity index (χ3v) is 6.73. The van der Waals surface area contributed by atoms with Crippen molar-refractivity contribution in [3.63, 3.8) is 0 Å². The smallest absolute Gasteiger partial charge is 0.248 e. The monoisotopic (exact) mass is 436 g/mol. The zero-order valence-electron chi connectivity index (χ0n) is 17.6. The van der Waals surface area contributed by atoms with Crippen LogP contribution in [0.1, 0.15) is 53.9 Å². The number of unbranched alkanes of at least 4 members (excludes halogenated alkanes) is 1. The van der Waals surface area contributed by atoms with E-state index in [1.165, 1.54) is 11.1 Å². The highest BCUT2D eigenvalue weighted by Gasteiger charge is 2.17. The van der Waals surface area contributed by atoms with E-state index in [1.807, 2.05) is 24.3 Å². The summed E-state index contributed by atoms with van der Waals surface area (Å²) in [5.41, 5.74) is 8.54. The molecule has 31 heavy (non-hydrogen) atoms. The Labute approximate surface area is 186 Å². The highest BCUT2D eigenvalue weighted by Crippen LogP contribution is 2.30. The third-order valence-electron chi connectivity index (χ3n) is 5.63. The Bertz CT molecular complexity index is 1040. The van der Waals surface area contributed by atoms with Crippen LogP contribution in [0.5, 0.6) is 0 Å². The van der Waals surface area contributed by atoms with E-state index < -0.39 is 5.91 Å². The number of amides is 2. The Morgan fingerprint density at radius 3 is 2.65 bits per heavy atom. The van der Waals surface area contributed by atoms with E-state index in [-0.39, 0.29) is 5.91 Å². The topological polar surface area (TPSA) is 88.3 Å². The SMILES string of the molecule is NC(=O)c1ccc(N2CCCCC2)c(NC(=O)CCCCc2nc3ccccc3s2)c1. The fraction of sp³-hybridized carbons (Fsp3) is 0.375. The first-order valence-corrected chi connectivity index (χ1v) is 11.7. The number of nitrogens with zero attached hydrogens (tertiary/aromatic N) is 2. The molecule has 0 bridgehead atoms. The van der Waals surface area contributed by atoms with Gasteiger partial charge in [-0.15, -0.1) is 11.3 Å². The number of anilines is 2. The summed E-state index contributed by atoms with van der Waals surface area (Å²) in [5, 5.41) is 4.14. The second-order valence-corrected chi connectivity index (χ2v) is 9.09. The molecule has 1 aromatic heterocycles. The highest BCUT2D eigenvalue weighted by molar-refractivity contribution is 7.18. The van der Waals surface area contributed by atoms with Crippen molar-refractivity contribution in [2.45, 2.75) is 44.9 Å². The van der Waals surface area contributed by atoms with E-state index in [2.05, 4.69) is 21.3 Å². The largest absolute Gasteiger partial charge is 0.370 e. The van der Waals surface area contributed by atoms with Gasteiger partial charge in [-0.1, -0.05) is 12.1 Å². The maximum atomic E-state index is 12.6. The lowest BCUT2D eigenvalue weighted by molar-refractivity contribution is -0.116. The second kappa shape index (κ2) is 9.92. The fourth-order valence-electron chi connectivity index (χ4n) is 4.00. The molecule has 0 atom stereocenters. The summed E-state index contributed by atoms with van der Waals surface area (Å²) in [6, 6.07) is 13.5. The van der Waals surface area contributed by atoms with Gasteiger partial charge in [0, 0.05) is 25.1 Å². The average Bonchev–Trinajstić information content (AvgIpc) is 3.20. The van der Waals surface area contributed by atoms with E-state index >= 15 is 0 Å². The van der Waals surface area contributed by atoms with Gasteiger partial charge in [-0.2, -0.15) is 0 Å². The predicted octanol–water partition coefficient (Wildman–Crippen LogP) is 4.74. The Balaban J connectivity index is 1.34. The third kappa shape index (κ3) is 5.41. The molecule has 1 fully saturated rings. The molecule has 162 valence electrons. The molecule has 1 saturated heterocycles. The van der Waals surface area contributed by atoms with Gasteiger partial charge in [0.05, 0.1) is 26.6 Å². The van der Waals surface area contributed by atoms with Gasteiger partial charge < -0.3 is 16.0 Å². The molecule has 1 aliphatic rings. The molecule has 0 spiro atoms. The minimum absolute atomic E-state index is 0.0378. The van der Waals surface area contributed by atoms with E-state index in [0.29, 0.717) is 17.7 Å². The van der Waals surface area contributed by atoms with Crippen LogP contribution >= 0.6 is 11.3 Å². The molecule has 2 amide bonds. The number of piperidine rings is 1. The summed E-state index contributed by atoms with van der Waals surface area (Å²) >= 11 is 1.72. The van der Waals surface area contributed by atoms with Crippen molar-refractivity contribution in [1.29, 1.82) is 0 Å². The number of thiazole rings is 1. The molecule has 3 aromatic rings. The van der Waals surface area contributed by atoms with Crippen molar-refractivity contribution in [3.05, 3.63) is 53.0 Å². The summed E-state index contributed by atoms with van der Waals surface area (Å²) in [6.45, 7) is 1.92. The van der Waals surface area contributed by atoms with Crippen LogP contribution in [0.15, 0.2) is 42.5 Å². The minimum atomic E-state index is -0.489. The van der Waals surface area contributed by atoms with Gasteiger partial charge in [0.1, 0.15) is 0 Å². The summed E-state index contributed by atoms with van der Waals surface area (Å²) < 4.78 is 1.20. The number of para-hydroxylation sites is 1. The van der Waals surface area contributed by atoms with Gasteiger partial charge in [0.15, 0.2) is 0 Å². The van der Waals surface area contributed by atoms with E-state index in [9.17, 15) is 9.59 Å². The molecule has 0 unspecified atom stereocenters. The first-order valence-electron chi connectivity index (χ1n) is 10.9. The van der Waals surface area contributed by atoms with Crippen molar-refractivity contribution < 1.29 is 9.59 Å².